The minimum Gasteiger partial charge on any atom is -0.395 e. The van der Waals surface area contributed by atoms with Gasteiger partial charge in [-0.25, -0.2) is 0 Å². The fraction of sp³-hybridized carbons (Fsp3) is 0.500. The normalized spacial score (nSPS) is 10.3. The molecule has 1 aromatic rings. The van der Waals surface area contributed by atoms with Gasteiger partial charge in [-0.05, 0) is 42.6 Å². The highest BCUT2D eigenvalue weighted by Gasteiger charge is 2.01. The second-order valence-corrected chi connectivity index (χ2v) is 3.53. The smallest absolute Gasteiger partial charge is 0.0604 e. The third-order valence-corrected chi connectivity index (χ3v) is 2.44. The molecule has 0 spiro atoms. The van der Waals surface area contributed by atoms with Crippen molar-refractivity contribution in [2.24, 2.45) is 5.73 Å². The summed E-state index contributed by atoms with van der Waals surface area (Å²) < 4.78 is 0. The molecule has 0 heterocycles. The fourth-order valence-corrected chi connectivity index (χ4v) is 1.66. The van der Waals surface area contributed by atoms with Gasteiger partial charge in [-0.1, -0.05) is 13.0 Å². The van der Waals surface area contributed by atoms with Gasteiger partial charge in [0.15, 0.2) is 0 Å². The van der Waals surface area contributed by atoms with Gasteiger partial charge in [0, 0.05) is 12.2 Å². The predicted molar refractivity (Wildman–Crippen MR) is 64.2 cm³/mol. The maximum atomic E-state index is 8.71. The van der Waals surface area contributed by atoms with Gasteiger partial charge < -0.3 is 16.2 Å². The average Bonchev–Trinajstić information content (AvgIpc) is 2.28. The lowest BCUT2D eigenvalue weighted by atomic mass is 10.0. The van der Waals surface area contributed by atoms with Crippen molar-refractivity contribution in [2.45, 2.75) is 19.8 Å². The first-order valence-corrected chi connectivity index (χ1v) is 5.48. The van der Waals surface area contributed by atoms with E-state index in [4.69, 9.17) is 10.8 Å². The minimum atomic E-state index is 0.159. The van der Waals surface area contributed by atoms with Crippen LogP contribution in [0.5, 0.6) is 0 Å². The molecule has 3 nitrogen and oxygen atoms in total. The number of aliphatic hydroxyl groups is 1. The lowest BCUT2D eigenvalue weighted by Gasteiger charge is -2.10. The Labute approximate surface area is 91.3 Å². The molecule has 84 valence electrons. The molecule has 0 saturated heterocycles. The standard InChI is InChI=1S/C12H20N2O/c1-2-10-9-12(14-7-8-15)4-3-11(10)5-6-13/h3-4,9,14-15H,2,5-8,13H2,1H3. The van der Waals surface area contributed by atoms with Crippen LogP contribution in [-0.2, 0) is 12.8 Å². The number of hydrogen-bond acceptors (Lipinski definition) is 3. The van der Waals surface area contributed by atoms with Crippen LogP contribution < -0.4 is 11.1 Å². The van der Waals surface area contributed by atoms with Crippen molar-refractivity contribution in [1.82, 2.24) is 0 Å². The average molecular weight is 208 g/mol. The zero-order valence-electron chi connectivity index (χ0n) is 9.29. The van der Waals surface area contributed by atoms with E-state index in [1.165, 1.54) is 11.1 Å². The second-order valence-electron chi connectivity index (χ2n) is 3.53. The minimum absolute atomic E-state index is 0.159. The Morgan fingerprint density at radius 3 is 2.73 bits per heavy atom. The monoisotopic (exact) mass is 208 g/mol. The van der Waals surface area contributed by atoms with Gasteiger partial charge in [-0.2, -0.15) is 0 Å². The Hall–Kier alpha value is -1.06. The molecule has 0 amide bonds. The van der Waals surface area contributed by atoms with Gasteiger partial charge in [-0.3, -0.25) is 0 Å². The zero-order valence-corrected chi connectivity index (χ0v) is 9.29. The molecule has 0 aliphatic rings. The van der Waals surface area contributed by atoms with Crippen LogP contribution in [0.25, 0.3) is 0 Å². The van der Waals surface area contributed by atoms with Crippen LogP contribution in [0, 0.1) is 0 Å². The summed E-state index contributed by atoms with van der Waals surface area (Å²) >= 11 is 0. The van der Waals surface area contributed by atoms with Crippen molar-refractivity contribution < 1.29 is 5.11 Å². The first-order chi connectivity index (χ1) is 7.31. The maximum absolute atomic E-state index is 8.71. The van der Waals surface area contributed by atoms with E-state index in [-0.39, 0.29) is 6.61 Å². The van der Waals surface area contributed by atoms with Crippen LogP contribution in [0.2, 0.25) is 0 Å². The van der Waals surface area contributed by atoms with E-state index in [2.05, 4.69) is 24.4 Å². The Morgan fingerprint density at radius 2 is 2.13 bits per heavy atom. The van der Waals surface area contributed by atoms with Crippen molar-refractivity contribution in [2.75, 3.05) is 25.0 Å². The molecule has 15 heavy (non-hydrogen) atoms. The molecule has 1 rings (SSSR count). The van der Waals surface area contributed by atoms with Gasteiger partial charge in [0.05, 0.1) is 6.61 Å². The van der Waals surface area contributed by atoms with Gasteiger partial charge in [-0.15, -0.1) is 0 Å². The van der Waals surface area contributed by atoms with Crippen molar-refractivity contribution in [3.63, 3.8) is 0 Å². The van der Waals surface area contributed by atoms with E-state index in [9.17, 15) is 0 Å². The highest BCUT2D eigenvalue weighted by Crippen LogP contribution is 2.16. The van der Waals surface area contributed by atoms with Gasteiger partial charge in [0.25, 0.3) is 0 Å². The summed E-state index contributed by atoms with van der Waals surface area (Å²) in [6, 6.07) is 6.30. The number of aliphatic hydroxyl groups excluding tert-OH is 1. The van der Waals surface area contributed by atoms with Crippen LogP contribution in [0.1, 0.15) is 18.1 Å². The molecule has 0 fully saturated rings. The van der Waals surface area contributed by atoms with Crippen molar-refractivity contribution in [1.29, 1.82) is 0 Å². The van der Waals surface area contributed by atoms with Crippen LogP contribution in [-0.4, -0.2) is 24.8 Å². The summed E-state index contributed by atoms with van der Waals surface area (Å²) in [7, 11) is 0. The topological polar surface area (TPSA) is 58.3 Å². The molecule has 0 aromatic heterocycles. The van der Waals surface area contributed by atoms with Crippen LogP contribution >= 0.6 is 0 Å². The Bertz CT molecular complexity index is 300. The van der Waals surface area contributed by atoms with Gasteiger partial charge >= 0.3 is 0 Å². The molecular formula is C12H20N2O. The van der Waals surface area contributed by atoms with Gasteiger partial charge in [0.2, 0.25) is 0 Å². The Kier molecular flexibility index (Phi) is 5.15. The summed E-state index contributed by atoms with van der Waals surface area (Å²) in [5, 5.41) is 11.9. The predicted octanol–water partition coefficient (Wildman–Crippen LogP) is 1.15. The molecule has 0 aliphatic carbocycles. The van der Waals surface area contributed by atoms with E-state index in [0.717, 1.165) is 18.5 Å². The van der Waals surface area contributed by atoms with E-state index < -0.39 is 0 Å². The number of benzene rings is 1. The number of anilines is 1. The Morgan fingerprint density at radius 1 is 1.33 bits per heavy atom. The molecule has 0 aliphatic heterocycles. The van der Waals surface area contributed by atoms with E-state index in [0.29, 0.717) is 13.1 Å². The van der Waals surface area contributed by atoms with E-state index in [1.54, 1.807) is 0 Å². The summed E-state index contributed by atoms with van der Waals surface area (Å²) in [6.07, 6.45) is 1.95. The molecule has 4 N–H and O–H groups in total. The highest BCUT2D eigenvalue weighted by molar-refractivity contribution is 5.48. The lowest BCUT2D eigenvalue weighted by Crippen LogP contribution is -2.08. The molecule has 0 unspecified atom stereocenters. The maximum Gasteiger partial charge on any atom is 0.0604 e. The molecule has 0 saturated carbocycles. The number of aryl methyl sites for hydroxylation is 1. The molecule has 0 radical (unpaired) electrons. The highest BCUT2D eigenvalue weighted by atomic mass is 16.3. The van der Waals surface area contributed by atoms with E-state index >= 15 is 0 Å². The Balaban J connectivity index is 2.77. The third kappa shape index (κ3) is 3.53. The number of nitrogens with two attached hydrogens (primary N) is 1. The summed E-state index contributed by atoms with van der Waals surface area (Å²) in [5.74, 6) is 0. The fourth-order valence-electron chi connectivity index (χ4n) is 1.66. The lowest BCUT2D eigenvalue weighted by molar-refractivity contribution is 0.311. The van der Waals surface area contributed by atoms with Crippen LogP contribution in [0.4, 0.5) is 5.69 Å². The number of nitrogens with one attached hydrogen (secondary N) is 1. The third-order valence-electron chi connectivity index (χ3n) is 2.44. The molecule has 1 aromatic carbocycles. The van der Waals surface area contributed by atoms with E-state index in [1.807, 2.05) is 6.07 Å². The molecule has 3 heteroatoms. The van der Waals surface area contributed by atoms with Crippen molar-refractivity contribution in [3.05, 3.63) is 29.3 Å². The summed E-state index contributed by atoms with van der Waals surface area (Å²) in [6.45, 7) is 3.59. The first-order valence-electron chi connectivity index (χ1n) is 5.48. The van der Waals surface area contributed by atoms with Crippen molar-refractivity contribution >= 4 is 5.69 Å². The number of hydrogen-bond donors (Lipinski definition) is 3. The quantitative estimate of drug-likeness (QED) is 0.657. The molecular weight excluding hydrogens is 188 g/mol. The largest absolute Gasteiger partial charge is 0.395 e. The summed E-state index contributed by atoms with van der Waals surface area (Å²) in [4.78, 5) is 0. The van der Waals surface area contributed by atoms with Gasteiger partial charge in [0.1, 0.15) is 0 Å². The van der Waals surface area contributed by atoms with Crippen LogP contribution in [0.3, 0.4) is 0 Å². The van der Waals surface area contributed by atoms with Crippen LogP contribution in [0.15, 0.2) is 18.2 Å². The molecule has 0 bridgehead atoms. The summed E-state index contributed by atoms with van der Waals surface area (Å²) in [5.41, 5.74) is 9.29. The SMILES string of the molecule is CCc1cc(NCCO)ccc1CCN. The molecule has 0 atom stereocenters. The second kappa shape index (κ2) is 6.43. The zero-order chi connectivity index (χ0) is 11.1. The first kappa shape index (κ1) is 12.0. The number of rotatable bonds is 6. The van der Waals surface area contributed by atoms with Crippen molar-refractivity contribution in [3.8, 4) is 0 Å².